The van der Waals surface area contributed by atoms with Crippen molar-refractivity contribution in [3.05, 3.63) is 44.9 Å². The number of benzene rings is 1. The van der Waals surface area contributed by atoms with E-state index in [9.17, 15) is 0 Å². The summed E-state index contributed by atoms with van der Waals surface area (Å²) in [5.74, 6) is 0. The summed E-state index contributed by atoms with van der Waals surface area (Å²) >= 11 is 6.68. The van der Waals surface area contributed by atoms with E-state index in [4.69, 9.17) is 0 Å². The predicted octanol–water partition coefficient (Wildman–Crippen LogP) is 4.56. The van der Waals surface area contributed by atoms with Crippen LogP contribution in [0, 0.1) is 6.92 Å². The molecule has 0 heterocycles. The van der Waals surface area contributed by atoms with E-state index < -0.39 is 0 Å². The van der Waals surface area contributed by atoms with Crippen LogP contribution in [-0.4, -0.2) is 0 Å². The van der Waals surface area contributed by atoms with Gasteiger partial charge in [-0.15, -0.1) is 0 Å². The maximum absolute atomic E-state index is 3.34. The lowest BCUT2D eigenvalue weighted by atomic mass is 10.1. The van der Waals surface area contributed by atoms with Crippen LogP contribution in [0.2, 0.25) is 0 Å². The molecule has 13 heavy (non-hydrogen) atoms. The third kappa shape index (κ3) is 4.63. The molecule has 0 radical (unpaired) electrons. The molecule has 70 valence electrons. The zero-order chi connectivity index (χ0) is 9.68. The molecule has 1 aromatic carbocycles. The number of aryl methyl sites for hydroxylation is 2. The van der Waals surface area contributed by atoms with Gasteiger partial charge in [0.25, 0.3) is 0 Å². The minimum absolute atomic E-state index is 1.03. The lowest BCUT2D eigenvalue weighted by molar-refractivity contribution is 1.000. The van der Waals surface area contributed by atoms with Gasteiger partial charge in [0.1, 0.15) is 0 Å². The Balaban J connectivity index is 2.50. The van der Waals surface area contributed by atoms with E-state index in [2.05, 4.69) is 69.1 Å². The van der Waals surface area contributed by atoms with Crippen LogP contribution >= 0.6 is 31.9 Å². The first-order valence-electron chi connectivity index (χ1n) is 4.25. The third-order valence-electron chi connectivity index (χ3n) is 1.81. The Hall–Kier alpha value is -0.0800. The van der Waals surface area contributed by atoms with Crippen LogP contribution < -0.4 is 0 Å². The molecular weight excluding hydrogens is 292 g/mol. The standard InChI is InChI=1S/C11H12Br2/c1-9-4-2-5-10(8-9)6-3-7-11(12)13/h2,4-5,7-8H,3,6H2,1H3. The minimum Gasteiger partial charge on any atom is -0.0629 e. The summed E-state index contributed by atoms with van der Waals surface area (Å²) in [6, 6.07) is 8.64. The first-order valence-corrected chi connectivity index (χ1v) is 5.84. The summed E-state index contributed by atoms with van der Waals surface area (Å²) < 4.78 is 1.03. The summed E-state index contributed by atoms with van der Waals surface area (Å²) in [5, 5.41) is 0. The molecule has 1 aromatic rings. The number of halogens is 2. The molecule has 0 aliphatic heterocycles. The van der Waals surface area contributed by atoms with Gasteiger partial charge in [-0.1, -0.05) is 35.9 Å². The Labute approximate surface area is 96.3 Å². The molecule has 0 aliphatic rings. The van der Waals surface area contributed by atoms with Crippen LogP contribution in [0.1, 0.15) is 17.5 Å². The molecule has 0 aromatic heterocycles. The van der Waals surface area contributed by atoms with Gasteiger partial charge in [0.05, 0.1) is 3.39 Å². The van der Waals surface area contributed by atoms with Gasteiger partial charge in [-0.25, -0.2) is 0 Å². The van der Waals surface area contributed by atoms with Crippen molar-refractivity contribution in [2.24, 2.45) is 0 Å². The summed E-state index contributed by atoms with van der Waals surface area (Å²) in [5.41, 5.74) is 2.73. The third-order valence-corrected chi connectivity index (χ3v) is 2.46. The fraction of sp³-hybridized carbons (Fsp3) is 0.273. The van der Waals surface area contributed by atoms with E-state index in [1.54, 1.807) is 0 Å². The molecule has 0 saturated carbocycles. The average Bonchev–Trinajstić information content (AvgIpc) is 2.03. The molecule has 0 N–H and O–H groups in total. The average molecular weight is 304 g/mol. The molecular formula is C11H12Br2. The summed E-state index contributed by atoms with van der Waals surface area (Å²) in [6.45, 7) is 2.12. The van der Waals surface area contributed by atoms with Gasteiger partial charge in [-0.3, -0.25) is 0 Å². The van der Waals surface area contributed by atoms with Gasteiger partial charge in [0.2, 0.25) is 0 Å². The number of rotatable bonds is 3. The second kappa shape index (κ2) is 5.61. The zero-order valence-corrected chi connectivity index (χ0v) is 10.7. The monoisotopic (exact) mass is 302 g/mol. The Morgan fingerprint density at radius 2 is 2.15 bits per heavy atom. The maximum atomic E-state index is 3.34. The van der Waals surface area contributed by atoms with E-state index in [-0.39, 0.29) is 0 Å². The highest BCUT2D eigenvalue weighted by Gasteiger charge is 1.91. The molecule has 0 amide bonds. The highest BCUT2D eigenvalue weighted by atomic mass is 79.9. The van der Waals surface area contributed by atoms with Gasteiger partial charge < -0.3 is 0 Å². The summed E-state index contributed by atoms with van der Waals surface area (Å²) in [6.07, 6.45) is 4.29. The maximum Gasteiger partial charge on any atom is 0.0564 e. The van der Waals surface area contributed by atoms with E-state index >= 15 is 0 Å². The fourth-order valence-electron chi connectivity index (χ4n) is 1.22. The molecule has 0 saturated heterocycles. The normalized spacial score (nSPS) is 9.77. The molecule has 0 bridgehead atoms. The smallest absolute Gasteiger partial charge is 0.0564 e. The van der Waals surface area contributed by atoms with Gasteiger partial charge in [0.15, 0.2) is 0 Å². The Kier molecular flexibility index (Phi) is 4.74. The van der Waals surface area contributed by atoms with Crippen LogP contribution in [-0.2, 0) is 6.42 Å². The second-order valence-electron chi connectivity index (χ2n) is 3.02. The van der Waals surface area contributed by atoms with Crippen molar-refractivity contribution in [2.45, 2.75) is 19.8 Å². The Morgan fingerprint density at radius 1 is 1.38 bits per heavy atom. The minimum atomic E-state index is 1.03. The Morgan fingerprint density at radius 3 is 2.77 bits per heavy atom. The molecule has 0 atom stereocenters. The molecule has 0 nitrogen and oxygen atoms in total. The Bertz CT molecular complexity index is 299. The van der Waals surface area contributed by atoms with Crippen molar-refractivity contribution >= 4 is 31.9 Å². The first-order chi connectivity index (χ1) is 6.18. The van der Waals surface area contributed by atoms with E-state index in [0.717, 1.165) is 16.2 Å². The van der Waals surface area contributed by atoms with Crippen molar-refractivity contribution in [3.63, 3.8) is 0 Å². The van der Waals surface area contributed by atoms with Crippen molar-refractivity contribution < 1.29 is 0 Å². The highest BCUT2D eigenvalue weighted by molar-refractivity contribution is 9.28. The van der Waals surface area contributed by atoms with Crippen LogP contribution in [0.15, 0.2) is 33.7 Å². The van der Waals surface area contributed by atoms with Crippen LogP contribution in [0.5, 0.6) is 0 Å². The predicted molar refractivity (Wildman–Crippen MR) is 65.4 cm³/mol. The fourth-order valence-corrected chi connectivity index (χ4v) is 1.67. The topological polar surface area (TPSA) is 0 Å². The van der Waals surface area contributed by atoms with Crippen molar-refractivity contribution in [1.82, 2.24) is 0 Å². The van der Waals surface area contributed by atoms with Gasteiger partial charge in [-0.05, 0) is 57.2 Å². The first kappa shape index (κ1) is 11.0. The largest absolute Gasteiger partial charge is 0.0629 e. The summed E-state index contributed by atoms with van der Waals surface area (Å²) in [4.78, 5) is 0. The van der Waals surface area contributed by atoms with Gasteiger partial charge in [0, 0.05) is 0 Å². The lowest BCUT2D eigenvalue weighted by Gasteiger charge is -1.99. The number of hydrogen-bond acceptors (Lipinski definition) is 0. The quantitative estimate of drug-likeness (QED) is 0.768. The molecule has 0 spiro atoms. The summed E-state index contributed by atoms with van der Waals surface area (Å²) in [7, 11) is 0. The van der Waals surface area contributed by atoms with Crippen LogP contribution in [0.25, 0.3) is 0 Å². The van der Waals surface area contributed by atoms with Gasteiger partial charge in [-0.2, -0.15) is 0 Å². The van der Waals surface area contributed by atoms with E-state index in [1.807, 2.05) is 0 Å². The number of allylic oxidation sites excluding steroid dienone is 1. The molecule has 0 aliphatic carbocycles. The molecule has 0 fully saturated rings. The lowest BCUT2D eigenvalue weighted by Crippen LogP contribution is -1.83. The van der Waals surface area contributed by atoms with Crippen molar-refractivity contribution in [3.8, 4) is 0 Å². The van der Waals surface area contributed by atoms with Crippen molar-refractivity contribution in [2.75, 3.05) is 0 Å². The van der Waals surface area contributed by atoms with Crippen LogP contribution in [0.3, 0.4) is 0 Å². The zero-order valence-electron chi connectivity index (χ0n) is 7.56. The molecule has 2 heteroatoms. The van der Waals surface area contributed by atoms with E-state index in [0.29, 0.717) is 0 Å². The number of hydrogen-bond donors (Lipinski definition) is 0. The van der Waals surface area contributed by atoms with Crippen molar-refractivity contribution in [1.29, 1.82) is 0 Å². The van der Waals surface area contributed by atoms with E-state index in [1.165, 1.54) is 11.1 Å². The second-order valence-corrected chi connectivity index (χ2v) is 5.79. The molecule has 1 rings (SSSR count). The molecule has 0 unspecified atom stereocenters. The highest BCUT2D eigenvalue weighted by Crippen LogP contribution is 2.15. The van der Waals surface area contributed by atoms with Crippen LogP contribution in [0.4, 0.5) is 0 Å². The SMILES string of the molecule is Cc1cccc(CCC=C(Br)Br)c1. The van der Waals surface area contributed by atoms with Gasteiger partial charge >= 0.3 is 0 Å².